The highest BCUT2D eigenvalue weighted by atomic mass is 35.5. The summed E-state index contributed by atoms with van der Waals surface area (Å²) in [7, 11) is 0. The van der Waals surface area contributed by atoms with Gasteiger partial charge in [-0.3, -0.25) is 9.89 Å². The zero-order chi connectivity index (χ0) is 15.4. The van der Waals surface area contributed by atoms with Gasteiger partial charge in [0.2, 0.25) is 0 Å². The molecular weight excluding hydrogens is 300 g/mol. The van der Waals surface area contributed by atoms with Gasteiger partial charge in [0.1, 0.15) is 0 Å². The number of aromatic nitrogens is 2. The Morgan fingerprint density at radius 2 is 2.36 bits per heavy atom. The highest BCUT2D eigenvalue weighted by Crippen LogP contribution is 2.24. The van der Waals surface area contributed by atoms with E-state index in [9.17, 15) is 4.79 Å². The van der Waals surface area contributed by atoms with E-state index in [4.69, 9.17) is 11.6 Å². The summed E-state index contributed by atoms with van der Waals surface area (Å²) in [6.07, 6.45) is 3.75. The molecular formula is C16H19ClN4O. The van der Waals surface area contributed by atoms with Gasteiger partial charge in [0, 0.05) is 17.1 Å². The zero-order valence-corrected chi connectivity index (χ0v) is 13.0. The Morgan fingerprint density at radius 1 is 1.45 bits per heavy atom. The molecule has 1 atom stereocenters. The van der Waals surface area contributed by atoms with Crippen molar-refractivity contribution in [3.8, 4) is 11.3 Å². The van der Waals surface area contributed by atoms with Crippen LogP contribution in [-0.4, -0.2) is 35.7 Å². The maximum Gasteiger partial charge on any atom is 0.255 e. The fraction of sp³-hybridized carbons (Fsp3) is 0.375. The molecule has 22 heavy (non-hydrogen) atoms. The van der Waals surface area contributed by atoms with Crippen LogP contribution in [0, 0.1) is 5.92 Å². The maximum atomic E-state index is 12.3. The fourth-order valence-electron chi connectivity index (χ4n) is 2.77. The predicted molar refractivity (Wildman–Crippen MR) is 87.0 cm³/mol. The van der Waals surface area contributed by atoms with Crippen molar-refractivity contribution in [2.75, 3.05) is 19.6 Å². The fourth-order valence-corrected chi connectivity index (χ4v) is 2.96. The first kappa shape index (κ1) is 15.1. The molecule has 1 amide bonds. The van der Waals surface area contributed by atoms with Crippen LogP contribution in [0.5, 0.6) is 0 Å². The largest absolute Gasteiger partial charge is 0.352 e. The van der Waals surface area contributed by atoms with Gasteiger partial charge in [0.05, 0.1) is 17.5 Å². The van der Waals surface area contributed by atoms with Gasteiger partial charge in [-0.05, 0) is 44.0 Å². The number of benzene rings is 1. The van der Waals surface area contributed by atoms with E-state index in [1.165, 1.54) is 6.42 Å². The van der Waals surface area contributed by atoms with Crippen LogP contribution in [-0.2, 0) is 0 Å². The summed E-state index contributed by atoms with van der Waals surface area (Å²) in [5, 5.41) is 13.8. The molecule has 1 unspecified atom stereocenters. The molecule has 2 heterocycles. The van der Waals surface area contributed by atoms with Crippen LogP contribution < -0.4 is 10.6 Å². The lowest BCUT2D eigenvalue weighted by molar-refractivity contribution is 0.0952. The molecule has 1 aromatic heterocycles. The van der Waals surface area contributed by atoms with E-state index < -0.39 is 0 Å². The molecule has 1 aliphatic rings. The Bertz CT molecular complexity index is 649. The SMILES string of the molecule is O=C(NCCC1CCNC1)c1cn[nH]c1-c1cccc(Cl)c1. The van der Waals surface area contributed by atoms with E-state index in [2.05, 4.69) is 20.8 Å². The van der Waals surface area contributed by atoms with Crippen LogP contribution in [0.1, 0.15) is 23.2 Å². The number of hydrogen-bond acceptors (Lipinski definition) is 3. The molecule has 0 saturated carbocycles. The third-order valence-electron chi connectivity index (χ3n) is 4.00. The lowest BCUT2D eigenvalue weighted by atomic mass is 10.0. The predicted octanol–water partition coefficient (Wildman–Crippen LogP) is 2.46. The number of carbonyl (C=O) groups excluding carboxylic acids is 1. The maximum absolute atomic E-state index is 12.3. The van der Waals surface area contributed by atoms with E-state index in [-0.39, 0.29) is 5.91 Å². The normalized spacial score (nSPS) is 17.6. The molecule has 5 nitrogen and oxygen atoms in total. The van der Waals surface area contributed by atoms with Crippen LogP contribution in [0.25, 0.3) is 11.3 Å². The van der Waals surface area contributed by atoms with Gasteiger partial charge in [0.25, 0.3) is 5.91 Å². The molecule has 1 fully saturated rings. The monoisotopic (exact) mass is 318 g/mol. The van der Waals surface area contributed by atoms with Gasteiger partial charge >= 0.3 is 0 Å². The van der Waals surface area contributed by atoms with Gasteiger partial charge in [-0.1, -0.05) is 23.7 Å². The summed E-state index contributed by atoms with van der Waals surface area (Å²) in [6.45, 7) is 2.82. The molecule has 0 bridgehead atoms. The number of amides is 1. The molecule has 116 valence electrons. The summed E-state index contributed by atoms with van der Waals surface area (Å²) in [6, 6.07) is 7.38. The van der Waals surface area contributed by atoms with Crippen molar-refractivity contribution in [1.82, 2.24) is 20.8 Å². The number of aromatic amines is 1. The summed E-state index contributed by atoms with van der Waals surface area (Å²) < 4.78 is 0. The molecule has 6 heteroatoms. The first-order valence-electron chi connectivity index (χ1n) is 7.52. The van der Waals surface area contributed by atoms with E-state index in [0.717, 1.165) is 25.1 Å². The Morgan fingerprint density at radius 3 is 3.14 bits per heavy atom. The van der Waals surface area contributed by atoms with Crippen LogP contribution >= 0.6 is 11.6 Å². The first-order chi connectivity index (χ1) is 10.7. The second-order valence-corrected chi connectivity index (χ2v) is 6.01. The van der Waals surface area contributed by atoms with E-state index in [0.29, 0.717) is 28.7 Å². The van der Waals surface area contributed by atoms with Gasteiger partial charge in [-0.15, -0.1) is 0 Å². The molecule has 0 spiro atoms. The Kier molecular flexibility index (Phi) is 4.75. The van der Waals surface area contributed by atoms with E-state index in [1.807, 2.05) is 18.2 Å². The highest BCUT2D eigenvalue weighted by molar-refractivity contribution is 6.30. The number of rotatable bonds is 5. The van der Waals surface area contributed by atoms with Crippen molar-refractivity contribution in [2.45, 2.75) is 12.8 Å². The number of H-pyrrole nitrogens is 1. The van der Waals surface area contributed by atoms with Crippen molar-refractivity contribution in [1.29, 1.82) is 0 Å². The van der Waals surface area contributed by atoms with Gasteiger partial charge in [0.15, 0.2) is 0 Å². The Balaban J connectivity index is 1.64. The Labute approximate surface area is 134 Å². The van der Waals surface area contributed by atoms with Gasteiger partial charge in [-0.2, -0.15) is 5.10 Å². The van der Waals surface area contributed by atoms with Crippen LogP contribution in [0.3, 0.4) is 0 Å². The summed E-state index contributed by atoms with van der Waals surface area (Å²) in [5.41, 5.74) is 2.10. The van der Waals surface area contributed by atoms with Crippen LogP contribution in [0.15, 0.2) is 30.5 Å². The molecule has 1 aromatic carbocycles. The van der Waals surface area contributed by atoms with Crippen molar-refractivity contribution < 1.29 is 4.79 Å². The molecule has 3 N–H and O–H groups in total. The highest BCUT2D eigenvalue weighted by Gasteiger charge is 2.17. The molecule has 2 aromatic rings. The molecule has 0 radical (unpaired) electrons. The van der Waals surface area contributed by atoms with Gasteiger partial charge in [-0.25, -0.2) is 0 Å². The number of carbonyl (C=O) groups is 1. The standard InChI is InChI=1S/C16H19ClN4O/c17-13-3-1-2-12(8-13)15-14(10-20-21-15)16(22)19-7-5-11-4-6-18-9-11/h1-3,8,10-11,18H,4-7,9H2,(H,19,22)(H,20,21). The van der Waals surface area contributed by atoms with Crippen molar-refractivity contribution in [3.63, 3.8) is 0 Å². The summed E-state index contributed by atoms with van der Waals surface area (Å²) >= 11 is 6.01. The smallest absolute Gasteiger partial charge is 0.255 e. The van der Waals surface area contributed by atoms with E-state index >= 15 is 0 Å². The summed E-state index contributed by atoms with van der Waals surface area (Å²) in [5.74, 6) is 0.562. The Hall–Kier alpha value is -1.85. The second kappa shape index (κ2) is 6.94. The second-order valence-electron chi connectivity index (χ2n) is 5.57. The lowest BCUT2D eigenvalue weighted by Crippen LogP contribution is -2.26. The quantitative estimate of drug-likeness (QED) is 0.793. The minimum absolute atomic E-state index is 0.102. The average molecular weight is 319 g/mol. The molecule has 1 saturated heterocycles. The lowest BCUT2D eigenvalue weighted by Gasteiger charge is -2.09. The third kappa shape index (κ3) is 3.48. The number of hydrogen-bond donors (Lipinski definition) is 3. The molecule has 3 rings (SSSR count). The van der Waals surface area contributed by atoms with Crippen molar-refractivity contribution >= 4 is 17.5 Å². The third-order valence-corrected chi connectivity index (χ3v) is 4.23. The zero-order valence-electron chi connectivity index (χ0n) is 12.2. The topological polar surface area (TPSA) is 69.8 Å². The van der Waals surface area contributed by atoms with Crippen LogP contribution in [0.2, 0.25) is 5.02 Å². The van der Waals surface area contributed by atoms with E-state index in [1.54, 1.807) is 12.3 Å². The van der Waals surface area contributed by atoms with Crippen molar-refractivity contribution in [2.24, 2.45) is 5.92 Å². The average Bonchev–Trinajstić information content (AvgIpc) is 3.18. The number of nitrogens with one attached hydrogen (secondary N) is 3. The van der Waals surface area contributed by atoms with Gasteiger partial charge < -0.3 is 10.6 Å². The van der Waals surface area contributed by atoms with Crippen LogP contribution in [0.4, 0.5) is 0 Å². The first-order valence-corrected chi connectivity index (χ1v) is 7.90. The molecule has 0 aliphatic carbocycles. The molecule has 1 aliphatic heterocycles. The minimum Gasteiger partial charge on any atom is -0.352 e. The minimum atomic E-state index is -0.102. The number of halogens is 1. The number of nitrogens with zero attached hydrogens (tertiary/aromatic N) is 1. The summed E-state index contributed by atoms with van der Waals surface area (Å²) in [4.78, 5) is 12.3. The van der Waals surface area contributed by atoms with Crippen molar-refractivity contribution in [3.05, 3.63) is 41.0 Å².